The summed E-state index contributed by atoms with van der Waals surface area (Å²) >= 11 is 0. The fourth-order valence-electron chi connectivity index (χ4n) is 4.94. The number of carbonyl (C=O) groups is 1. The molecule has 1 aliphatic carbocycles. The van der Waals surface area contributed by atoms with Gasteiger partial charge >= 0.3 is 0 Å². The van der Waals surface area contributed by atoms with Crippen molar-refractivity contribution in [3.63, 3.8) is 0 Å². The van der Waals surface area contributed by atoms with E-state index in [-0.39, 0.29) is 5.91 Å². The van der Waals surface area contributed by atoms with Gasteiger partial charge in [0.1, 0.15) is 11.4 Å². The summed E-state index contributed by atoms with van der Waals surface area (Å²) in [7, 11) is 0. The summed E-state index contributed by atoms with van der Waals surface area (Å²) in [6.45, 7) is 5.53. The van der Waals surface area contributed by atoms with Crippen LogP contribution in [0.5, 0.6) is 0 Å². The Bertz CT molecular complexity index is 1120. The molecule has 158 valence electrons. The topological polar surface area (TPSA) is 72.1 Å². The minimum Gasteiger partial charge on any atom is -0.355 e. The maximum absolute atomic E-state index is 13.3. The second-order valence-electron chi connectivity index (χ2n) is 8.67. The number of hydrogen-bond donors (Lipinski definition) is 0. The standard InChI is InChI=1S/C25H26N4O2/c1-16-10-17(2)28-23(27-16)13-18-11-20-8-9-29(15-21(20)12-18)25(30)22-14-26-31-24(22)19-6-4-3-5-7-19/h3-7,10,12,14,20-21H,8-9,11,13,15H2,1-2H3/t20-,21-/m0/s1. The lowest BCUT2D eigenvalue weighted by molar-refractivity contribution is 0.0650. The van der Waals surface area contributed by atoms with Gasteiger partial charge in [-0.2, -0.15) is 0 Å². The smallest absolute Gasteiger partial charge is 0.259 e. The zero-order chi connectivity index (χ0) is 21.4. The molecule has 1 fully saturated rings. The van der Waals surface area contributed by atoms with Gasteiger partial charge in [-0.25, -0.2) is 9.97 Å². The average molecular weight is 415 g/mol. The Morgan fingerprint density at radius 1 is 1.16 bits per heavy atom. The molecule has 2 aromatic heterocycles. The number of aryl methyl sites for hydroxylation is 2. The Labute approximate surface area is 182 Å². The molecule has 1 amide bonds. The van der Waals surface area contributed by atoms with E-state index in [0.717, 1.165) is 55.1 Å². The fourth-order valence-corrected chi connectivity index (χ4v) is 4.94. The van der Waals surface area contributed by atoms with Crippen LogP contribution in [0.4, 0.5) is 0 Å². The fraction of sp³-hybridized carbons (Fsp3) is 0.360. The molecule has 3 heterocycles. The molecule has 5 rings (SSSR count). The van der Waals surface area contributed by atoms with Gasteiger partial charge in [-0.05, 0) is 44.6 Å². The highest BCUT2D eigenvalue weighted by Gasteiger charge is 2.36. The maximum atomic E-state index is 13.3. The minimum atomic E-state index is -0.00181. The van der Waals surface area contributed by atoms with Crippen molar-refractivity contribution in [3.05, 3.63) is 77.0 Å². The maximum Gasteiger partial charge on any atom is 0.259 e. The first-order valence-electron chi connectivity index (χ1n) is 10.9. The third-order valence-corrected chi connectivity index (χ3v) is 6.32. The van der Waals surface area contributed by atoms with E-state index in [2.05, 4.69) is 21.2 Å². The highest BCUT2D eigenvalue weighted by atomic mass is 16.5. The van der Waals surface area contributed by atoms with Gasteiger partial charge in [-0.15, -0.1) is 0 Å². The first kappa shape index (κ1) is 19.7. The molecule has 2 atom stereocenters. The number of rotatable bonds is 4. The molecule has 31 heavy (non-hydrogen) atoms. The second kappa shape index (κ2) is 8.10. The Hall–Kier alpha value is -3.28. The number of allylic oxidation sites excluding steroid dienone is 1. The van der Waals surface area contributed by atoms with Crippen LogP contribution in [0, 0.1) is 25.7 Å². The molecule has 0 N–H and O–H groups in total. The molecule has 1 saturated heterocycles. The van der Waals surface area contributed by atoms with Crippen molar-refractivity contribution < 1.29 is 9.32 Å². The molecule has 1 aliphatic heterocycles. The van der Waals surface area contributed by atoms with Crippen LogP contribution < -0.4 is 0 Å². The predicted octanol–water partition coefficient (Wildman–Crippen LogP) is 4.40. The van der Waals surface area contributed by atoms with Crippen LogP contribution in [0.3, 0.4) is 0 Å². The van der Waals surface area contributed by atoms with Crippen molar-refractivity contribution in [1.29, 1.82) is 0 Å². The van der Waals surface area contributed by atoms with Crippen molar-refractivity contribution in [2.45, 2.75) is 33.1 Å². The Morgan fingerprint density at radius 3 is 2.71 bits per heavy atom. The van der Waals surface area contributed by atoms with E-state index in [1.807, 2.05) is 55.1 Å². The van der Waals surface area contributed by atoms with Crippen LogP contribution in [0.25, 0.3) is 11.3 Å². The molecule has 0 unspecified atom stereocenters. The summed E-state index contributed by atoms with van der Waals surface area (Å²) in [5.41, 5.74) is 4.82. The normalized spacial score (nSPS) is 20.5. The number of aromatic nitrogens is 3. The van der Waals surface area contributed by atoms with Crippen LogP contribution in [0.1, 0.15) is 40.4 Å². The number of fused-ring (bicyclic) bond motifs is 1. The summed E-state index contributed by atoms with van der Waals surface area (Å²) in [4.78, 5) is 24.4. The summed E-state index contributed by atoms with van der Waals surface area (Å²) in [5, 5.41) is 3.91. The highest BCUT2D eigenvalue weighted by Crippen LogP contribution is 2.38. The molecule has 6 heteroatoms. The molecule has 3 aromatic rings. The molecule has 0 radical (unpaired) electrons. The highest BCUT2D eigenvalue weighted by molar-refractivity contribution is 5.99. The van der Waals surface area contributed by atoms with E-state index < -0.39 is 0 Å². The molecule has 6 nitrogen and oxygen atoms in total. The van der Waals surface area contributed by atoms with Crippen molar-refractivity contribution in [2.24, 2.45) is 11.8 Å². The molecule has 1 aromatic carbocycles. The largest absolute Gasteiger partial charge is 0.355 e. The van der Waals surface area contributed by atoms with Crippen LogP contribution in [-0.2, 0) is 6.42 Å². The molecular formula is C25H26N4O2. The van der Waals surface area contributed by atoms with Gasteiger partial charge in [-0.3, -0.25) is 4.79 Å². The number of nitrogens with zero attached hydrogens (tertiary/aromatic N) is 4. The van der Waals surface area contributed by atoms with Crippen LogP contribution in [0.2, 0.25) is 0 Å². The predicted molar refractivity (Wildman–Crippen MR) is 117 cm³/mol. The lowest BCUT2D eigenvalue weighted by Crippen LogP contribution is -2.42. The lowest BCUT2D eigenvalue weighted by Gasteiger charge is -2.34. The van der Waals surface area contributed by atoms with Crippen molar-refractivity contribution in [3.8, 4) is 11.3 Å². The number of piperidine rings is 1. The van der Waals surface area contributed by atoms with Gasteiger partial charge < -0.3 is 9.42 Å². The number of carbonyl (C=O) groups excluding carboxylic acids is 1. The minimum absolute atomic E-state index is 0.00181. The van der Waals surface area contributed by atoms with Crippen molar-refractivity contribution in [1.82, 2.24) is 20.0 Å². The summed E-state index contributed by atoms with van der Waals surface area (Å²) in [6.07, 6.45) is 6.79. The van der Waals surface area contributed by atoms with E-state index in [9.17, 15) is 4.79 Å². The third kappa shape index (κ3) is 4.02. The molecule has 0 saturated carbocycles. The van der Waals surface area contributed by atoms with Crippen LogP contribution in [-0.4, -0.2) is 39.0 Å². The van der Waals surface area contributed by atoms with E-state index in [1.54, 1.807) is 6.20 Å². The first-order valence-corrected chi connectivity index (χ1v) is 10.9. The van der Waals surface area contributed by atoms with Gasteiger partial charge in [0, 0.05) is 36.5 Å². The monoisotopic (exact) mass is 414 g/mol. The summed E-state index contributed by atoms with van der Waals surface area (Å²) in [6, 6.07) is 11.7. The lowest BCUT2D eigenvalue weighted by atomic mass is 9.87. The van der Waals surface area contributed by atoms with Gasteiger partial charge in [0.05, 0.1) is 6.20 Å². The quantitative estimate of drug-likeness (QED) is 0.592. The Morgan fingerprint density at radius 2 is 1.94 bits per heavy atom. The van der Waals surface area contributed by atoms with E-state index in [1.165, 1.54) is 5.57 Å². The summed E-state index contributed by atoms with van der Waals surface area (Å²) < 4.78 is 5.43. The molecule has 0 spiro atoms. The third-order valence-electron chi connectivity index (χ3n) is 6.32. The Balaban J connectivity index is 1.30. The van der Waals surface area contributed by atoms with Gasteiger partial charge in [0.15, 0.2) is 5.76 Å². The van der Waals surface area contributed by atoms with Gasteiger partial charge in [0.2, 0.25) is 0 Å². The zero-order valence-electron chi connectivity index (χ0n) is 17.9. The SMILES string of the molecule is Cc1cc(C)nc(CC2=C[C@H]3CN(C(=O)c4cnoc4-c4ccccc4)CC[C@H]3C2)n1. The van der Waals surface area contributed by atoms with Crippen molar-refractivity contribution in [2.75, 3.05) is 13.1 Å². The zero-order valence-corrected chi connectivity index (χ0v) is 17.9. The number of likely N-dealkylation sites (tertiary alicyclic amines) is 1. The Kier molecular flexibility index (Phi) is 5.14. The second-order valence-corrected chi connectivity index (χ2v) is 8.67. The van der Waals surface area contributed by atoms with Crippen LogP contribution >= 0.6 is 0 Å². The number of amides is 1. The number of hydrogen-bond acceptors (Lipinski definition) is 5. The van der Waals surface area contributed by atoms with Gasteiger partial charge in [0.25, 0.3) is 5.91 Å². The van der Waals surface area contributed by atoms with Crippen LogP contribution in [0.15, 0.2) is 58.8 Å². The van der Waals surface area contributed by atoms with E-state index in [4.69, 9.17) is 4.52 Å². The molecule has 2 aliphatic rings. The molecular weight excluding hydrogens is 388 g/mol. The van der Waals surface area contributed by atoms with E-state index >= 15 is 0 Å². The first-order chi connectivity index (χ1) is 15.1. The average Bonchev–Trinajstić information content (AvgIpc) is 3.39. The summed E-state index contributed by atoms with van der Waals surface area (Å²) in [5.74, 6) is 2.42. The number of benzene rings is 1. The van der Waals surface area contributed by atoms with Crippen molar-refractivity contribution >= 4 is 5.91 Å². The molecule has 0 bridgehead atoms. The van der Waals surface area contributed by atoms with Gasteiger partial charge in [-0.1, -0.05) is 47.1 Å². The van der Waals surface area contributed by atoms with E-state index in [0.29, 0.717) is 23.2 Å².